The third-order valence-electron chi connectivity index (χ3n) is 7.69. The normalized spacial score (nSPS) is 23.8. The van der Waals surface area contributed by atoms with E-state index in [9.17, 15) is 9.18 Å². The van der Waals surface area contributed by atoms with Crippen LogP contribution < -0.4 is 10.6 Å². The van der Waals surface area contributed by atoms with Crippen LogP contribution in [0.25, 0.3) is 0 Å². The predicted molar refractivity (Wildman–Crippen MR) is 123 cm³/mol. The fourth-order valence-corrected chi connectivity index (χ4v) is 5.78. The van der Waals surface area contributed by atoms with Crippen LogP contribution in [-0.4, -0.2) is 67.3 Å². The van der Waals surface area contributed by atoms with Gasteiger partial charge in [0.25, 0.3) is 0 Å². The van der Waals surface area contributed by atoms with Gasteiger partial charge in [0.1, 0.15) is 5.82 Å². The van der Waals surface area contributed by atoms with Gasteiger partial charge >= 0.3 is 6.03 Å². The number of nitrogens with zero attached hydrogens (tertiary/aromatic N) is 6. The zero-order valence-electron chi connectivity index (χ0n) is 20.1. The minimum atomic E-state index is -0.559. The van der Waals surface area contributed by atoms with Crippen LogP contribution in [0.15, 0.2) is 6.20 Å². The van der Waals surface area contributed by atoms with Gasteiger partial charge in [-0.05, 0) is 47.6 Å². The van der Waals surface area contributed by atoms with E-state index in [2.05, 4.69) is 44.6 Å². The number of aryl methyl sites for hydroxylation is 1. The smallest absolute Gasteiger partial charge is 0.321 e. The van der Waals surface area contributed by atoms with E-state index in [4.69, 9.17) is 0 Å². The summed E-state index contributed by atoms with van der Waals surface area (Å²) in [5, 5.41) is 11.1. The molecule has 2 N–H and O–H groups in total. The third-order valence-corrected chi connectivity index (χ3v) is 7.69. The Kier molecular flexibility index (Phi) is 5.20. The largest absolute Gasteiger partial charge is 0.345 e. The molecule has 1 saturated carbocycles. The molecule has 1 amide bonds. The second kappa shape index (κ2) is 7.73. The Morgan fingerprint density at radius 1 is 1.27 bits per heavy atom. The molecule has 178 valence electrons. The van der Waals surface area contributed by atoms with E-state index in [1.807, 2.05) is 18.7 Å². The number of likely N-dealkylation sites (N-methyl/N-ethyl adjacent to an activating group) is 1. The number of anilines is 2. The summed E-state index contributed by atoms with van der Waals surface area (Å²) >= 11 is 0. The lowest BCUT2D eigenvalue weighted by Crippen LogP contribution is -2.64. The zero-order chi connectivity index (χ0) is 23.5. The molecular formula is C23H33FN8O. The van der Waals surface area contributed by atoms with Gasteiger partial charge in [0.05, 0.1) is 17.4 Å². The zero-order valence-corrected chi connectivity index (χ0v) is 20.1. The van der Waals surface area contributed by atoms with E-state index in [-0.39, 0.29) is 23.4 Å². The lowest BCUT2D eigenvalue weighted by molar-refractivity contribution is 0.00755. The maximum atomic E-state index is 14.4. The van der Waals surface area contributed by atoms with E-state index in [0.717, 1.165) is 36.8 Å². The Labute approximate surface area is 193 Å². The van der Waals surface area contributed by atoms with Crippen molar-refractivity contribution in [1.29, 1.82) is 0 Å². The molecule has 2 aliphatic heterocycles. The first-order valence-corrected chi connectivity index (χ1v) is 11.8. The highest BCUT2D eigenvalue weighted by Gasteiger charge is 2.47. The monoisotopic (exact) mass is 456 g/mol. The number of nitrogens with one attached hydrogen (secondary N) is 2. The van der Waals surface area contributed by atoms with Crippen LogP contribution in [0.2, 0.25) is 0 Å². The maximum absolute atomic E-state index is 14.4. The minimum absolute atomic E-state index is 0.0506. The van der Waals surface area contributed by atoms with Gasteiger partial charge in [-0.3, -0.25) is 4.90 Å². The highest BCUT2D eigenvalue weighted by molar-refractivity contribution is 5.80. The quantitative estimate of drug-likeness (QED) is 0.717. The molecule has 1 aliphatic carbocycles. The van der Waals surface area contributed by atoms with Gasteiger partial charge in [0.15, 0.2) is 17.5 Å². The fraction of sp³-hybridized carbons (Fsp3) is 0.652. The first kappa shape index (κ1) is 22.2. The van der Waals surface area contributed by atoms with Gasteiger partial charge in [0.2, 0.25) is 0 Å². The molecule has 2 aromatic rings. The summed E-state index contributed by atoms with van der Waals surface area (Å²) in [6.45, 7) is 9.95. The summed E-state index contributed by atoms with van der Waals surface area (Å²) in [5.41, 5.74) is 1.28. The topological polar surface area (TPSA) is 91.2 Å². The summed E-state index contributed by atoms with van der Waals surface area (Å²) in [7, 11) is 2.18. The molecule has 1 spiro atoms. The molecule has 33 heavy (non-hydrogen) atoms. The van der Waals surface area contributed by atoms with Gasteiger partial charge in [0, 0.05) is 36.8 Å². The standard InChI is InChI=1S/C23H33FN8O/c1-14-12-30(5)23(8-6-7-9-23)13-31(14)21(33)32-18-16(10-26-22(18,3)4)19(29-32)28-20-17(24)11-25-15(2)27-20/h11,14,26H,6-10,12-13H2,1-5H3,(H,25,27,28,29)/t14-/m0/s1. The number of carbonyl (C=O) groups excluding carboxylic acids is 1. The SMILES string of the molecule is Cc1ncc(F)c(Nc2nn(C(=O)N3CC4(CCCC4)N(C)C[C@@H]3C)c3c2CNC3(C)C)n1. The number of amides is 1. The molecule has 2 fully saturated rings. The number of piperazine rings is 1. The summed E-state index contributed by atoms with van der Waals surface area (Å²) in [5.74, 6) is 0.407. The summed E-state index contributed by atoms with van der Waals surface area (Å²) in [6.07, 6.45) is 5.77. The molecule has 5 rings (SSSR count). The molecule has 0 bridgehead atoms. The van der Waals surface area contributed by atoms with Crippen molar-refractivity contribution in [3.05, 3.63) is 29.1 Å². The lowest BCUT2D eigenvalue weighted by atomic mass is 9.90. The molecule has 9 nitrogen and oxygen atoms in total. The number of hydrogen-bond acceptors (Lipinski definition) is 7. The Morgan fingerprint density at radius 2 is 2.00 bits per heavy atom. The Morgan fingerprint density at radius 3 is 2.73 bits per heavy atom. The average molecular weight is 457 g/mol. The minimum Gasteiger partial charge on any atom is -0.321 e. The number of carbonyl (C=O) groups is 1. The van der Waals surface area contributed by atoms with Crippen molar-refractivity contribution in [2.24, 2.45) is 0 Å². The van der Waals surface area contributed by atoms with Crippen LogP contribution in [0.1, 0.15) is 63.5 Å². The molecule has 3 aliphatic rings. The molecule has 4 heterocycles. The number of hydrogen-bond donors (Lipinski definition) is 2. The number of fused-ring (bicyclic) bond motifs is 1. The van der Waals surface area contributed by atoms with Gasteiger partial charge in [-0.15, -0.1) is 5.10 Å². The van der Waals surface area contributed by atoms with Crippen LogP contribution in [0.5, 0.6) is 0 Å². The number of aromatic nitrogens is 4. The van der Waals surface area contributed by atoms with Crippen molar-refractivity contribution in [3.8, 4) is 0 Å². The van der Waals surface area contributed by atoms with Crippen LogP contribution >= 0.6 is 0 Å². The van der Waals surface area contributed by atoms with Crippen LogP contribution in [-0.2, 0) is 12.1 Å². The van der Waals surface area contributed by atoms with Crippen molar-refractivity contribution in [1.82, 2.24) is 34.9 Å². The lowest BCUT2D eigenvalue weighted by Gasteiger charge is -2.50. The van der Waals surface area contributed by atoms with Crippen molar-refractivity contribution >= 4 is 17.7 Å². The average Bonchev–Trinajstić information content (AvgIpc) is 3.45. The Bertz CT molecular complexity index is 1090. The Hall–Kier alpha value is -2.59. The van der Waals surface area contributed by atoms with Crippen molar-refractivity contribution < 1.29 is 9.18 Å². The van der Waals surface area contributed by atoms with Crippen molar-refractivity contribution in [2.45, 2.75) is 77.0 Å². The van der Waals surface area contributed by atoms with Crippen molar-refractivity contribution in [2.75, 3.05) is 25.5 Å². The first-order valence-electron chi connectivity index (χ1n) is 11.8. The van der Waals surface area contributed by atoms with E-state index in [1.54, 1.807) is 6.92 Å². The summed E-state index contributed by atoms with van der Waals surface area (Å²) < 4.78 is 15.9. The van der Waals surface area contributed by atoms with Gasteiger partial charge < -0.3 is 15.5 Å². The molecule has 0 unspecified atom stereocenters. The van der Waals surface area contributed by atoms with E-state index in [1.165, 1.54) is 17.5 Å². The van der Waals surface area contributed by atoms with Gasteiger partial charge in [-0.2, -0.15) is 4.68 Å². The predicted octanol–water partition coefficient (Wildman–Crippen LogP) is 3.12. The van der Waals surface area contributed by atoms with E-state index >= 15 is 0 Å². The molecule has 0 aromatic carbocycles. The van der Waals surface area contributed by atoms with Crippen molar-refractivity contribution in [3.63, 3.8) is 0 Å². The fourth-order valence-electron chi connectivity index (χ4n) is 5.78. The Balaban J connectivity index is 1.52. The molecule has 2 aromatic heterocycles. The van der Waals surface area contributed by atoms with E-state index < -0.39 is 11.4 Å². The van der Waals surface area contributed by atoms with Gasteiger partial charge in [-0.1, -0.05) is 12.8 Å². The first-order chi connectivity index (χ1) is 15.6. The molecule has 0 radical (unpaired) electrons. The molecule has 1 atom stereocenters. The second-order valence-electron chi connectivity index (χ2n) is 10.4. The maximum Gasteiger partial charge on any atom is 0.345 e. The van der Waals surface area contributed by atoms with Crippen LogP contribution in [0.3, 0.4) is 0 Å². The van der Waals surface area contributed by atoms with Crippen LogP contribution in [0.4, 0.5) is 20.8 Å². The number of rotatable bonds is 2. The van der Waals surface area contributed by atoms with Gasteiger partial charge in [-0.25, -0.2) is 19.2 Å². The highest BCUT2D eigenvalue weighted by atomic mass is 19.1. The second-order valence-corrected chi connectivity index (χ2v) is 10.4. The third kappa shape index (κ3) is 3.59. The number of halogens is 1. The molecular weight excluding hydrogens is 423 g/mol. The van der Waals surface area contributed by atoms with Crippen LogP contribution in [0, 0.1) is 12.7 Å². The molecule has 1 saturated heterocycles. The summed E-state index contributed by atoms with van der Waals surface area (Å²) in [6, 6.07) is -0.0493. The molecule has 10 heteroatoms. The van der Waals surface area contributed by atoms with E-state index in [0.29, 0.717) is 24.7 Å². The highest BCUT2D eigenvalue weighted by Crippen LogP contribution is 2.40. The summed E-state index contributed by atoms with van der Waals surface area (Å²) in [4.78, 5) is 26.4.